The molecule has 0 aliphatic carbocycles. The first-order valence-electron chi connectivity index (χ1n) is 6.58. The molecule has 0 rings (SSSR count). The van der Waals surface area contributed by atoms with Crippen molar-refractivity contribution in [3.63, 3.8) is 0 Å². The van der Waals surface area contributed by atoms with Crippen molar-refractivity contribution < 1.29 is 9.22 Å². The van der Waals surface area contributed by atoms with Crippen LogP contribution in [0.5, 0.6) is 0 Å². The first-order chi connectivity index (χ1) is 7.27. The van der Waals surface area contributed by atoms with Crippen LogP contribution in [0.15, 0.2) is 0 Å². The van der Waals surface area contributed by atoms with Crippen LogP contribution in [0.3, 0.4) is 0 Å². The molecule has 104 valence electrons. The van der Waals surface area contributed by atoms with Gasteiger partial charge < -0.3 is 9.22 Å². The first-order valence-corrected chi connectivity index (χ1v) is 21.1. The molecule has 0 aromatic carbocycles. The molecule has 0 aliphatic rings. The van der Waals surface area contributed by atoms with Gasteiger partial charge in [-0.3, -0.25) is 0 Å². The maximum absolute atomic E-state index is 9.54. The Morgan fingerprint density at radius 2 is 1.12 bits per heavy atom. The van der Waals surface area contributed by atoms with Crippen molar-refractivity contribution in [3.8, 4) is 0 Å². The highest BCUT2D eigenvalue weighted by Crippen LogP contribution is 2.35. The zero-order valence-corrected chi connectivity index (χ0v) is 17.3. The predicted molar refractivity (Wildman–Crippen MR) is 88.8 cm³/mol. The molecule has 0 fully saturated rings. The highest BCUT2D eigenvalue weighted by molar-refractivity contribution is 7.67. The lowest BCUT2D eigenvalue weighted by Crippen LogP contribution is -2.75. The third-order valence-electron chi connectivity index (χ3n) is 3.37. The quantitative estimate of drug-likeness (QED) is 0.760. The van der Waals surface area contributed by atoms with Gasteiger partial charge in [-0.15, -0.1) is 0 Å². The highest BCUT2D eigenvalue weighted by atomic mass is 29.7. The van der Waals surface area contributed by atoms with E-state index in [2.05, 4.69) is 58.9 Å². The second-order valence-electron chi connectivity index (χ2n) is 8.02. The molecule has 0 amide bonds. The van der Waals surface area contributed by atoms with E-state index in [1.54, 1.807) is 0 Å². The van der Waals surface area contributed by atoms with Crippen LogP contribution in [-0.4, -0.2) is 42.6 Å². The summed E-state index contributed by atoms with van der Waals surface area (Å²) in [6.45, 7) is 21.9. The van der Waals surface area contributed by atoms with E-state index >= 15 is 0 Å². The minimum absolute atomic E-state index is 0.311. The third kappa shape index (κ3) is 4.43. The van der Waals surface area contributed by atoms with E-state index < -0.39 is 30.9 Å². The Morgan fingerprint density at radius 3 is 1.29 bits per heavy atom. The van der Waals surface area contributed by atoms with Gasteiger partial charge in [0.05, 0.1) is 15.2 Å². The molecule has 0 saturated heterocycles. The second kappa shape index (κ2) is 5.42. The summed E-state index contributed by atoms with van der Waals surface area (Å²) in [6, 6.07) is 0.961. The average Bonchev–Trinajstić information content (AvgIpc) is 1.96. The molecule has 0 radical (unpaired) electrons. The maximum atomic E-state index is 9.54. The molecule has 17 heavy (non-hydrogen) atoms. The van der Waals surface area contributed by atoms with E-state index in [9.17, 15) is 5.11 Å². The second-order valence-corrected chi connectivity index (χ2v) is 39.6. The number of rotatable bonds is 6. The minimum atomic E-state index is -1.74. The van der Waals surface area contributed by atoms with Crippen molar-refractivity contribution in [3.05, 3.63) is 0 Å². The van der Waals surface area contributed by atoms with Gasteiger partial charge in [-0.2, -0.15) is 0 Å². The van der Waals surface area contributed by atoms with Gasteiger partial charge in [0.1, 0.15) is 0 Å². The zero-order chi connectivity index (χ0) is 14.1. The third-order valence-corrected chi connectivity index (χ3v) is 44.4. The van der Waals surface area contributed by atoms with Crippen LogP contribution < -0.4 is 0 Å². The summed E-state index contributed by atoms with van der Waals surface area (Å²) in [6.07, 6.45) is 0. The van der Waals surface area contributed by atoms with Crippen LogP contribution >= 0.6 is 0 Å². The molecule has 0 aromatic heterocycles. The summed E-state index contributed by atoms with van der Waals surface area (Å²) in [7, 11) is -5.97. The Hall–Kier alpha value is 0.788. The van der Waals surface area contributed by atoms with E-state index in [4.69, 9.17) is 4.12 Å². The van der Waals surface area contributed by atoms with Gasteiger partial charge >= 0.3 is 0 Å². The monoisotopic (exact) mass is 308 g/mol. The summed E-state index contributed by atoms with van der Waals surface area (Å²) in [5, 5.41) is 9.54. The standard InChI is InChI=1S/C11H32O2Si4/c1-14(2,3)13-17(11-10-12,15(4,5)6)16(7,8)9/h12H,10-11H2,1-9H3. The summed E-state index contributed by atoms with van der Waals surface area (Å²) < 4.78 is 6.84. The molecule has 0 atom stereocenters. The molecule has 0 aliphatic heterocycles. The lowest BCUT2D eigenvalue weighted by molar-refractivity contribution is 0.313. The summed E-state index contributed by atoms with van der Waals surface area (Å²) in [5.41, 5.74) is 0. The molecule has 0 heterocycles. The molecule has 6 heteroatoms. The molecule has 0 bridgehead atoms. The Labute approximate surface area is 112 Å². The molecule has 1 N–H and O–H groups in total. The van der Waals surface area contributed by atoms with Crippen LogP contribution in [0, 0.1) is 0 Å². The molecule has 0 aromatic rings. The predicted octanol–water partition coefficient (Wildman–Crippen LogP) is 3.61. The molecule has 2 nitrogen and oxygen atoms in total. The van der Waals surface area contributed by atoms with Crippen LogP contribution in [-0.2, 0) is 4.12 Å². The lowest BCUT2D eigenvalue weighted by atomic mass is 10.9. The smallest absolute Gasteiger partial charge is 0.169 e. The SMILES string of the molecule is C[Si](C)(C)O[Si](CCO)([Si](C)(C)C)[Si](C)(C)C. The fourth-order valence-corrected chi connectivity index (χ4v) is 57.2. The summed E-state index contributed by atoms with van der Waals surface area (Å²) in [5.74, 6) is 0. The maximum Gasteiger partial charge on any atom is 0.169 e. The summed E-state index contributed by atoms with van der Waals surface area (Å²) >= 11 is 0. The molecule has 0 unspecified atom stereocenters. The van der Waals surface area contributed by atoms with Crippen LogP contribution in [0.4, 0.5) is 0 Å². The average molecular weight is 309 g/mol. The number of hydrogen-bond donors (Lipinski definition) is 1. The van der Waals surface area contributed by atoms with Crippen LogP contribution in [0.2, 0.25) is 65.0 Å². The van der Waals surface area contributed by atoms with Crippen molar-refractivity contribution in [2.24, 2.45) is 0 Å². The Morgan fingerprint density at radius 1 is 0.765 bits per heavy atom. The minimum Gasteiger partial charge on any atom is -0.460 e. The fraction of sp³-hybridized carbons (Fsp3) is 1.00. The van der Waals surface area contributed by atoms with Crippen LogP contribution in [0.25, 0.3) is 0 Å². The van der Waals surface area contributed by atoms with E-state index in [-0.39, 0.29) is 0 Å². The van der Waals surface area contributed by atoms with Crippen molar-refractivity contribution in [1.82, 2.24) is 0 Å². The molecule has 0 saturated carbocycles. The number of aliphatic hydroxyl groups excluding tert-OH is 1. The fourth-order valence-electron chi connectivity index (χ4n) is 2.91. The van der Waals surface area contributed by atoms with Crippen LogP contribution in [0.1, 0.15) is 0 Å². The van der Waals surface area contributed by atoms with Gasteiger partial charge in [-0.25, -0.2) is 0 Å². The number of aliphatic hydroxyl groups is 1. The Balaban J connectivity index is 5.59. The number of hydrogen-bond acceptors (Lipinski definition) is 2. The molecular weight excluding hydrogens is 276 g/mol. The summed E-state index contributed by atoms with van der Waals surface area (Å²) in [4.78, 5) is 0. The van der Waals surface area contributed by atoms with E-state index in [1.807, 2.05) is 0 Å². The van der Waals surface area contributed by atoms with Gasteiger partial charge in [0.15, 0.2) is 15.7 Å². The highest BCUT2D eigenvalue weighted by Gasteiger charge is 2.57. The van der Waals surface area contributed by atoms with Crippen molar-refractivity contribution in [2.45, 2.75) is 65.0 Å². The Bertz CT molecular complexity index is 234. The van der Waals surface area contributed by atoms with E-state index in [0.717, 1.165) is 6.04 Å². The van der Waals surface area contributed by atoms with Crippen molar-refractivity contribution in [2.75, 3.05) is 6.61 Å². The van der Waals surface area contributed by atoms with Crippen molar-refractivity contribution in [1.29, 1.82) is 0 Å². The lowest BCUT2D eigenvalue weighted by Gasteiger charge is -2.52. The van der Waals surface area contributed by atoms with Gasteiger partial charge in [0, 0.05) is 6.61 Å². The largest absolute Gasteiger partial charge is 0.460 e. The van der Waals surface area contributed by atoms with Gasteiger partial charge in [0.25, 0.3) is 0 Å². The Kier molecular flexibility index (Phi) is 5.67. The van der Waals surface area contributed by atoms with E-state index in [1.165, 1.54) is 0 Å². The van der Waals surface area contributed by atoms with Crippen molar-refractivity contribution >= 4 is 30.9 Å². The van der Waals surface area contributed by atoms with E-state index in [0.29, 0.717) is 6.61 Å². The molecular formula is C11H32O2Si4. The molecule has 0 spiro atoms. The van der Waals surface area contributed by atoms with Gasteiger partial charge in [-0.05, 0) is 25.7 Å². The van der Waals surface area contributed by atoms with Gasteiger partial charge in [0.2, 0.25) is 0 Å². The zero-order valence-electron chi connectivity index (χ0n) is 13.3. The topological polar surface area (TPSA) is 29.5 Å². The first kappa shape index (κ1) is 17.8. The van der Waals surface area contributed by atoms with Gasteiger partial charge in [-0.1, -0.05) is 39.3 Å². The normalized spacial score (nSPS) is 15.2.